The monoisotopic (exact) mass is 606 g/mol. The van der Waals surface area contributed by atoms with Gasteiger partial charge in [0.25, 0.3) is 0 Å². The summed E-state index contributed by atoms with van der Waals surface area (Å²) in [4.78, 5) is 23.6. The van der Waals surface area contributed by atoms with Crippen LogP contribution in [-0.4, -0.2) is 44.6 Å². The topological polar surface area (TPSA) is 84.6 Å². The third-order valence-electron chi connectivity index (χ3n) is 6.56. The first-order valence-corrected chi connectivity index (χ1v) is 14.4. The molecule has 222 valence electrons. The first-order valence-electron chi connectivity index (χ1n) is 13.4. The SMILES string of the molecule is C/C(=C\c1ccc(-c2ncn(-c3ccc(OC(F)(F)F)cc3)n2)cc1)NC(=O)N=C1SCCN1c1c(C)cc(C)cc1C. The molecule has 1 N–H and O–H groups in total. The molecule has 0 spiro atoms. The minimum Gasteiger partial charge on any atom is -0.406 e. The van der Waals surface area contributed by atoms with Crippen LogP contribution in [0.15, 0.2) is 77.7 Å². The van der Waals surface area contributed by atoms with E-state index in [1.165, 1.54) is 40.8 Å². The van der Waals surface area contributed by atoms with Gasteiger partial charge in [0.1, 0.15) is 12.1 Å². The number of rotatable bonds is 6. The summed E-state index contributed by atoms with van der Waals surface area (Å²) in [6, 6.07) is 16.6. The van der Waals surface area contributed by atoms with Gasteiger partial charge in [-0.15, -0.1) is 18.3 Å². The van der Waals surface area contributed by atoms with Crippen LogP contribution in [0, 0.1) is 20.8 Å². The number of ether oxygens (including phenoxy) is 1. The highest BCUT2D eigenvalue weighted by Crippen LogP contribution is 2.32. The largest absolute Gasteiger partial charge is 0.573 e. The summed E-state index contributed by atoms with van der Waals surface area (Å²) in [5.41, 5.74) is 7.39. The number of thioether (sulfide) groups is 1. The highest BCUT2D eigenvalue weighted by atomic mass is 32.2. The van der Waals surface area contributed by atoms with Crippen molar-refractivity contribution >= 4 is 34.7 Å². The molecule has 12 heteroatoms. The number of carbonyl (C=O) groups is 1. The van der Waals surface area contributed by atoms with Crippen molar-refractivity contribution in [1.29, 1.82) is 0 Å². The molecular formula is C31H29F3N6O2S. The van der Waals surface area contributed by atoms with Crippen LogP contribution in [-0.2, 0) is 0 Å². The van der Waals surface area contributed by atoms with Gasteiger partial charge in [0, 0.05) is 29.2 Å². The molecule has 2 amide bonds. The fourth-order valence-electron chi connectivity index (χ4n) is 4.92. The second-order valence-electron chi connectivity index (χ2n) is 10.1. The van der Waals surface area contributed by atoms with Crippen molar-refractivity contribution in [2.75, 3.05) is 17.2 Å². The van der Waals surface area contributed by atoms with Crippen molar-refractivity contribution in [2.24, 2.45) is 4.99 Å². The molecule has 1 aromatic heterocycles. The van der Waals surface area contributed by atoms with E-state index in [1.54, 1.807) is 18.7 Å². The molecular weight excluding hydrogens is 577 g/mol. The van der Waals surface area contributed by atoms with Gasteiger partial charge in [0.05, 0.1) is 5.69 Å². The zero-order chi connectivity index (χ0) is 30.7. The highest BCUT2D eigenvalue weighted by Gasteiger charge is 2.31. The van der Waals surface area contributed by atoms with Crippen LogP contribution in [0.2, 0.25) is 0 Å². The predicted molar refractivity (Wildman–Crippen MR) is 164 cm³/mol. The van der Waals surface area contributed by atoms with E-state index in [0.29, 0.717) is 22.4 Å². The molecule has 1 saturated heterocycles. The maximum absolute atomic E-state index is 12.8. The van der Waals surface area contributed by atoms with Gasteiger partial charge in [-0.25, -0.2) is 14.5 Å². The van der Waals surface area contributed by atoms with Crippen molar-refractivity contribution in [1.82, 2.24) is 20.1 Å². The Morgan fingerprint density at radius 3 is 2.37 bits per heavy atom. The van der Waals surface area contributed by atoms with Crippen molar-refractivity contribution in [2.45, 2.75) is 34.1 Å². The second-order valence-corrected chi connectivity index (χ2v) is 11.1. The normalized spacial score (nSPS) is 14.8. The average Bonchev–Trinajstić information content (AvgIpc) is 3.58. The summed E-state index contributed by atoms with van der Waals surface area (Å²) in [7, 11) is 0. The fraction of sp³-hybridized carbons (Fsp3) is 0.226. The number of aliphatic imine (C=N–C) groups is 1. The van der Waals surface area contributed by atoms with Crippen LogP contribution < -0.4 is 15.0 Å². The number of nitrogens with one attached hydrogen (secondary N) is 1. The molecule has 0 bridgehead atoms. The number of nitrogens with zero attached hydrogens (tertiary/aromatic N) is 5. The van der Waals surface area contributed by atoms with Crippen molar-refractivity contribution in [3.63, 3.8) is 0 Å². The van der Waals surface area contributed by atoms with E-state index in [9.17, 15) is 18.0 Å². The van der Waals surface area contributed by atoms with Crippen LogP contribution in [0.25, 0.3) is 23.2 Å². The molecule has 1 fully saturated rings. The third-order valence-corrected chi connectivity index (χ3v) is 7.52. The number of anilines is 1. The van der Waals surface area contributed by atoms with Crippen LogP contribution in [0.3, 0.4) is 0 Å². The van der Waals surface area contributed by atoms with E-state index in [4.69, 9.17) is 0 Å². The number of aryl methyl sites for hydroxylation is 3. The molecule has 0 atom stereocenters. The minimum atomic E-state index is -4.75. The van der Waals surface area contributed by atoms with Gasteiger partial charge in [-0.05, 0) is 74.7 Å². The molecule has 0 saturated carbocycles. The summed E-state index contributed by atoms with van der Waals surface area (Å²) < 4.78 is 42.6. The molecule has 8 nitrogen and oxygen atoms in total. The molecule has 5 rings (SSSR count). The number of amidine groups is 1. The van der Waals surface area contributed by atoms with Gasteiger partial charge >= 0.3 is 12.4 Å². The number of aromatic nitrogens is 3. The first kappa shape index (κ1) is 29.9. The van der Waals surface area contributed by atoms with E-state index in [-0.39, 0.29) is 5.75 Å². The lowest BCUT2D eigenvalue weighted by atomic mass is 10.0. The predicted octanol–water partition coefficient (Wildman–Crippen LogP) is 7.44. The fourth-order valence-corrected chi connectivity index (χ4v) is 5.86. The smallest absolute Gasteiger partial charge is 0.406 e. The van der Waals surface area contributed by atoms with Crippen LogP contribution in [0.1, 0.15) is 29.2 Å². The number of hydrogen-bond acceptors (Lipinski definition) is 5. The molecule has 3 aromatic carbocycles. The van der Waals surface area contributed by atoms with Gasteiger partial charge in [-0.2, -0.15) is 4.99 Å². The lowest BCUT2D eigenvalue weighted by molar-refractivity contribution is -0.274. The molecule has 0 aliphatic carbocycles. The average molecular weight is 607 g/mol. The minimum absolute atomic E-state index is 0.314. The molecule has 1 aliphatic heterocycles. The molecule has 43 heavy (non-hydrogen) atoms. The van der Waals surface area contributed by atoms with Crippen LogP contribution >= 0.6 is 11.8 Å². The van der Waals surface area contributed by atoms with E-state index in [1.807, 2.05) is 30.3 Å². The van der Waals surface area contributed by atoms with Gasteiger partial charge in [0.2, 0.25) is 0 Å². The number of urea groups is 1. The molecule has 0 unspecified atom stereocenters. The van der Waals surface area contributed by atoms with Crippen LogP contribution in [0.4, 0.5) is 23.7 Å². The number of hydrogen-bond donors (Lipinski definition) is 1. The van der Waals surface area contributed by atoms with Crippen molar-refractivity contribution in [3.05, 3.63) is 94.9 Å². The number of carbonyl (C=O) groups excluding carboxylic acids is 1. The van der Waals surface area contributed by atoms with Gasteiger partial charge in [0.15, 0.2) is 11.0 Å². The number of alkyl halides is 3. The molecule has 4 aromatic rings. The lowest BCUT2D eigenvalue weighted by Crippen LogP contribution is -2.28. The van der Waals surface area contributed by atoms with Crippen LogP contribution in [0.5, 0.6) is 5.75 Å². The number of amides is 2. The maximum atomic E-state index is 12.8. The molecule has 0 radical (unpaired) electrons. The number of halogens is 3. The quantitative estimate of drug-likeness (QED) is 0.246. The Labute approximate surface area is 251 Å². The summed E-state index contributed by atoms with van der Waals surface area (Å²) in [5, 5.41) is 7.95. The zero-order valence-corrected chi connectivity index (χ0v) is 24.8. The summed E-state index contributed by atoms with van der Waals surface area (Å²) in [5.74, 6) is 0.992. The molecule has 1 aliphatic rings. The second kappa shape index (κ2) is 12.3. The van der Waals surface area contributed by atoms with Gasteiger partial charge in [-0.3, -0.25) is 0 Å². The standard InChI is InChI=1S/C31H29F3N6O2S/c1-19-15-20(2)27(21(3)16-19)39-13-14-43-30(39)37-29(41)36-22(4)17-23-5-7-24(8-6-23)28-35-18-40(38-28)25-9-11-26(12-10-25)42-31(32,33)34/h5-12,15-18H,13-14H2,1-4H3,(H,36,41)/b22-17+,37-30?. The van der Waals surface area contributed by atoms with Crippen molar-refractivity contribution in [3.8, 4) is 22.8 Å². The van der Waals surface area contributed by atoms with E-state index in [2.05, 4.69) is 62.9 Å². The Balaban J connectivity index is 1.23. The van der Waals surface area contributed by atoms with Gasteiger partial charge < -0.3 is 15.0 Å². The Hall–Kier alpha value is -4.58. The number of benzene rings is 3. The number of allylic oxidation sites excluding steroid dienone is 1. The summed E-state index contributed by atoms with van der Waals surface area (Å²) in [6.45, 7) is 8.82. The Kier molecular flexibility index (Phi) is 8.58. The van der Waals surface area contributed by atoms with E-state index in [0.717, 1.165) is 40.2 Å². The first-order chi connectivity index (χ1) is 20.4. The van der Waals surface area contributed by atoms with Crippen molar-refractivity contribution < 1.29 is 22.7 Å². The summed E-state index contributed by atoms with van der Waals surface area (Å²) in [6.07, 6.45) is -1.43. The Morgan fingerprint density at radius 2 is 1.72 bits per heavy atom. The maximum Gasteiger partial charge on any atom is 0.573 e. The third kappa shape index (κ3) is 7.44. The highest BCUT2D eigenvalue weighted by molar-refractivity contribution is 8.14. The zero-order valence-electron chi connectivity index (χ0n) is 23.9. The van der Waals surface area contributed by atoms with E-state index >= 15 is 0 Å². The van der Waals surface area contributed by atoms with Gasteiger partial charge in [-0.1, -0.05) is 53.7 Å². The van der Waals surface area contributed by atoms with E-state index < -0.39 is 12.4 Å². The Morgan fingerprint density at radius 1 is 1.05 bits per heavy atom. The Bertz CT molecular complexity index is 1670. The lowest BCUT2D eigenvalue weighted by Gasteiger charge is -2.23. The summed E-state index contributed by atoms with van der Waals surface area (Å²) >= 11 is 1.56. The molecule has 2 heterocycles.